The number of aromatic nitrogens is 5. The number of nitrogens with zero attached hydrogens (tertiary/aromatic N) is 5. The Labute approximate surface area is 368 Å². The van der Waals surface area contributed by atoms with E-state index in [9.17, 15) is 0 Å². The van der Waals surface area contributed by atoms with Gasteiger partial charge in [-0.1, -0.05) is 176 Å². The summed E-state index contributed by atoms with van der Waals surface area (Å²) in [4.78, 5) is 15.4. The molecule has 13 rings (SSSR count). The standard InChI is InChI=1S/C59H37N5/c1-5-19-38(20-6-1)48-36-55-56(47-31-16-15-29-45(47)48)50-35-49-46-30-17-18-32-51(46)64(53(49)37-54(50)63(55)43-26-11-4-12-27-43)52-34-42(33-41-25-13-14-28-44(41)52)59-61-57(39-21-7-2-8-22-39)60-58(62-59)40-23-9-3-10-24-40/h1-37H. The molecule has 0 saturated carbocycles. The number of hydrogen-bond acceptors (Lipinski definition) is 3. The third kappa shape index (κ3) is 5.68. The molecular formula is C59H37N5. The molecule has 0 fully saturated rings. The molecule has 13 aromatic rings. The Morgan fingerprint density at radius 2 is 0.797 bits per heavy atom. The van der Waals surface area contributed by atoms with Crippen molar-refractivity contribution in [2.24, 2.45) is 0 Å². The van der Waals surface area contributed by atoms with Crippen LogP contribution >= 0.6 is 0 Å². The van der Waals surface area contributed by atoms with E-state index < -0.39 is 0 Å². The van der Waals surface area contributed by atoms with Crippen LogP contribution in [0.15, 0.2) is 224 Å². The van der Waals surface area contributed by atoms with Crippen molar-refractivity contribution in [3.8, 4) is 56.7 Å². The minimum absolute atomic E-state index is 0.619. The second kappa shape index (κ2) is 14.5. The fourth-order valence-corrected chi connectivity index (χ4v) is 9.85. The monoisotopic (exact) mass is 815 g/mol. The van der Waals surface area contributed by atoms with Crippen LogP contribution in [0.3, 0.4) is 0 Å². The van der Waals surface area contributed by atoms with Crippen LogP contribution in [0.5, 0.6) is 0 Å². The molecule has 0 saturated heterocycles. The molecular weight excluding hydrogens is 779 g/mol. The van der Waals surface area contributed by atoms with Crippen molar-refractivity contribution in [3.63, 3.8) is 0 Å². The van der Waals surface area contributed by atoms with Crippen molar-refractivity contribution in [1.82, 2.24) is 24.1 Å². The molecule has 5 nitrogen and oxygen atoms in total. The summed E-state index contributed by atoms with van der Waals surface area (Å²) in [5.41, 5.74) is 11.9. The summed E-state index contributed by atoms with van der Waals surface area (Å²) >= 11 is 0. The largest absolute Gasteiger partial charge is 0.309 e. The topological polar surface area (TPSA) is 48.5 Å². The molecule has 0 N–H and O–H groups in total. The molecule has 0 unspecified atom stereocenters. The van der Waals surface area contributed by atoms with Gasteiger partial charge in [0.25, 0.3) is 0 Å². The maximum atomic E-state index is 5.18. The Morgan fingerprint density at radius 3 is 1.47 bits per heavy atom. The van der Waals surface area contributed by atoms with Gasteiger partial charge >= 0.3 is 0 Å². The molecule has 3 aromatic heterocycles. The average Bonchev–Trinajstić information content (AvgIpc) is 3.87. The summed E-state index contributed by atoms with van der Waals surface area (Å²) < 4.78 is 4.91. The average molecular weight is 816 g/mol. The predicted molar refractivity (Wildman–Crippen MR) is 265 cm³/mol. The lowest BCUT2D eigenvalue weighted by atomic mass is 9.94. The van der Waals surface area contributed by atoms with Gasteiger partial charge in [0.2, 0.25) is 0 Å². The second-order valence-corrected chi connectivity index (χ2v) is 16.4. The van der Waals surface area contributed by atoms with Crippen LogP contribution in [-0.4, -0.2) is 24.1 Å². The fourth-order valence-electron chi connectivity index (χ4n) is 9.85. The summed E-state index contributed by atoms with van der Waals surface area (Å²) in [7, 11) is 0. The van der Waals surface area contributed by atoms with Crippen molar-refractivity contribution >= 4 is 65.2 Å². The third-order valence-corrected chi connectivity index (χ3v) is 12.7. The SMILES string of the molecule is c1ccc(-c2nc(-c3ccccc3)nc(-c3cc(-n4c5ccccc5c5cc6c7c8ccccc8c(-c8ccccc8)cc7n(-c7ccccc7)c6cc54)c4ccccc4c3)n2)cc1. The van der Waals surface area contributed by atoms with Crippen molar-refractivity contribution in [2.75, 3.05) is 0 Å². The van der Waals surface area contributed by atoms with E-state index in [1.54, 1.807) is 0 Å². The molecule has 0 radical (unpaired) electrons. The van der Waals surface area contributed by atoms with Gasteiger partial charge in [-0.25, -0.2) is 15.0 Å². The van der Waals surface area contributed by atoms with Gasteiger partial charge in [-0.15, -0.1) is 0 Å². The van der Waals surface area contributed by atoms with Crippen molar-refractivity contribution < 1.29 is 0 Å². The summed E-state index contributed by atoms with van der Waals surface area (Å²) in [6, 6.07) is 80.0. The third-order valence-electron chi connectivity index (χ3n) is 12.7. The summed E-state index contributed by atoms with van der Waals surface area (Å²) in [6.45, 7) is 0. The maximum absolute atomic E-state index is 5.18. The van der Waals surface area contributed by atoms with Gasteiger partial charge in [-0.2, -0.15) is 0 Å². The Morgan fingerprint density at radius 1 is 0.281 bits per heavy atom. The number of rotatable bonds is 6. The van der Waals surface area contributed by atoms with Crippen LogP contribution in [0.25, 0.3) is 122 Å². The first kappa shape index (κ1) is 36.0. The first-order chi connectivity index (χ1) is 31.7. The highest BCUT2D eigenvalue weighted by Crippen LogP contribution is 2.45. The van der Waals surface area contributed by atoms with E-state index in [1.165, 1.54) is 49.0 Å². The molecule has 0 atom stereocenters. The zero-order chi connectivity index (χ0) is 42.1. The lowest BCUT2D eigenvalue weighted by molar-refractivity contribution is 1.07. The number of para-hydroxylation sites is 2. The van der Waals surface area contributed by atoms with Crippen LogP contribution in [0.4, 0.5) is 0 Å². The van der Waals surface area contributed by atoms with Gasteiger partial charge in [0.15, 0.2) is 17.5 Å². The van der Waals surface area contributed by atoms with E-state index in [-0.39, 0.29) is 0 Å². The number of hydrogen-bond donors (Lipinski definition) is 0. The minimum atomic E-state index is 0.619. The number of fused-ring (bicyclic) bond motifs is 9. The van der Waals surface area contributed by atoms with Crippen LogP contribution < -0.4 is 0 Å². The van der Waals surface area contributed by atoms with Crippen LogP contribution in [0, 0.1) is 0 Å². The molecule has 5 heteroatoms. The van der Waals surface area contributed by atoms with Crippen LogP contribution in [-0.2, 0) is 0 Å². The second-order valence-electron chi connectivity index (χ2n) is 16.4. The Bertz CT molecular complexity index is 3870. The van der Waals surface area contributed by atoms with Gasteiger partial charge in [0.05, 0.1) is 27.8 Å². The normalized spacial score (nSPS) is 11.8. The predicted octanol–water partition coefficient (Wildman–Crippen LogP) is 15.0. The maximum Gasteiger partial charge on any atom is 0.164 e. The first-order valence-corrected chi connectivity index (χ1v) is 21.7. The number of benzene rings is 10. The van der Waals surface area contributed by atoms with Gasteiger partial charge in [0.1, 0.15) is 0 Å². The van der Waals surface area contributed by atoms with E-state index in [0.717, 1.165) is 55.4 Å². The van der Waals surface area contributed by atoms with E-state index >= 15 is 0 Å². The molecule has 0 aliphatic carbocycles. The van der Waals surface area contributed by atoms with Crippen molar-refractivity contribution in [2.45, 2.75) is 0 Å². The fraction of sp³-hybridized carbons (Fsp3) is 0. The Kier molecular flexibility index (Phi) is 8.15. The Hall–Kier alpha value is -8.67. The zero-order valence-corrected chi connectivity index (χ0v) is 34.6. The summed E-state index contributed by atoms with van der Waals surface area (Å²) in [6.07, 6.45) is 0. The molecule has 0 spiro atoms. The molecule has 0 bridgehead atoms. The van der Waals surface area contributed by atoms with Gasteiger partial charge in [-0.3, -0.25) is 0 Å². The minimum Gasteiger partial charge on any atom is -0.309 e. The van der Waals surface area contributed by atoms with Crippen LogP contribution in [0.2, 0.25) is 0 Å². The molecule has 3 heterocycles. The van der Waals surface area contributed by atoms with E-state index in [2.05, 4.69) is 197 Å². The molecule has 0 amide bonds. The highest BCUT2D eigenvalue weighted by Gasteiger charge is 2.23. The molecule has 0 aliphatic rings. The zero-order valence-electron chi connectivity index (χ0n) is 34.6. The van der Waals surface area contributed by atoms with Crippen molar-refractivity contribution in [3.05, 3.63) is 224 Å². The van der Waals surface area contributed by atoms with E-state index in [1.807, 2.05) is 36.4 Å². The molecule has 0 aliphatic heterocycles. The highest BCUT2D eigenvalue weighted by atomic mass is 15.0. The molecule has 298 valence electrons. The van der Waals surface area contributed by atoms with E-state index in [4.69, 9.17) is 15.0 Å². The van der Waals surface area contributed by atoms with Gasteiger partial charge < -0.3 is 9.13 Å². The van der Waals surface area contributed by atoms with Gasteiger partial charge in [0, 0.05) is 49.3 Å². The van der Waals surface area contributed by atoms with Crippen LogP contribution in [0.1, 0.15) is 0 Å². The smallest absolute Gasteiger partial charge is 0.164 e. The lowest BCUT2D eigenvalue weighted by Gasteiger charge is -2.15. The summed E-state index contributed by atoms with van der Waals surface area (Å²) in [5.74, 6) is 1.89. The molecule has 10 aromatic carbocycles. The van der Waals surface area contributed by atoms with Crippen molar-refractivity contribution in [1.29, 1.82) is 0 Å². The molecule has 64 heavy (non-hydrogen) atoms. The van der Waals surface area contributed by atoms with Gasteiger partial charge in [-0.05, 0) is 75.8 Å². The van der Waals surface area contributed by atoms with E-state index in [0.29, 0.717) is 17.5 Å². The lowest BCUT2D eigenvalue weighted by Crippen LogP contribution is -2.02. The quantitative estimate of drug-likeness (QED) is 0.168. The highest BCUT2D eigenvalue weighted by molar-refractivity contribution is 6.27. The Balaban J connectivity index is 1.13. The first-order valence-electron chi connectivity index (χ1n) is 21.7. The summed E-state index contributed by atoms with van der Waals surface area (Å²) in [5, 5.41) is 9.57.